The van der Waals surface area contributed by atoms with Gasteiger partial charge in [0.2, 0.25) is 0 Å². The first-order valence-corrected chi connectivity index (χ1v) is 9.91. The van der Waals surface area contributed by atoms with E-state index in [9.17, 15) is 0 Å². The molecule has 1 aromatic rings. The van der Waals surface area contributed by atoms with Gasteiger partial charge in [0.05, 0.1) is 0 Å². The molecule has 1 saturated heterocycles. The molecule has 0 bridgehead atoms. The smallest absolute Gasteiger partial charge is 0.119 e. The number of ether oxygens (including phenoxy) is 1. The van der Waals surface area contributed by atoms with Crippen LogP contribution < -0.4 is 4.74 Å². The number of allylic oxidation sites excluding steroid dienone is 6. The van der Waals surface area contributed by atoms with E-state index in [1.807, 2.05) is 0 Å². The summed E-state index contributed by atoms with van der Waals surface area (Å²) in [6, 6.07) is 8.77. The van der Waals surface area contributed by atoms with E-state index in [2.05, 4.69) is 73.7 Å². The fraction of sp³-hybridized carbons (Fsp3) is 0.417. The molecule has 26 heavy (non-hydrogen) atoms. The maximum atomic E-state index is 5.97. The van der Waals surface area contributed by atoms with Gasteiger partial charge in [0.15, 0.2) is 0 Å². The van der Waals surface area contributed by atoms with Crippen molar-refractivity contribution in [2.24, 2.45) is 5.92 Å². The van der Waals surface area contributed by atoms with E-state index in [0.717, 1.165) is 18.9 Å². The number of benzene rings is 1. The number of hydrogen-bond acceptors (Lipinski definition) is 2. The average molecular weight is 348 g/mol. The Hall–Kier alpha value is -1.80. The predicted octanol–water partition coefficient (Wildman–Crippen LogP) is 5.12. The predicted molar refractivity (Wildman–Crippen MR) is 108 cm³/mol. The Labute approximate surface area is 158 Å². The molecule has 2 nitrogen and oxygen atoms in total. The summed E-state index contributed by atoms with van der Waals surface area (Å²) in [6.07, 6.45) is 14.1. The van der Waals surface area contributed by atoms with Crippen molar-refractivity contribution in [1.82, 2.24) is 4.90 Å². The van der Waals surface area contributed by atoms with Crippen molar-refractivity contribution in [2.75, 3.05) is 26.2 Å². The number of rotatable bonds is 7. The molecule has 4 rings (SSSR count). The quantitative estimate of drug-likeness (QED) is 0.679. The van der Waals surface area contributed by atoms with Crippen molar-refractivity contribution in [1.29, 1.82) is 0 Å². The zero-order valence-electron chi connectivity index (χ0n) is 15.9. The lowest BCUT2D eigenvalue weighted by molar-refractivity contribution is 0.237. The van der Waals surface area contributed by atoms with Gasteiger partial charge in [0.1, 0.15) is 12.4 Å². The summed E-state index contributed by atoms with van der Waals surface area (Å²) in [7, 11) is 0. The van der Waals surface area contributed by atoms with Crippen LogP contribution >= 0.6 is 0 Å². The summed E-state index contributed by atoms with van der Waals surface area (Å²) in [5.41, 5.74) is 4.17. The highest BCUT2D eigenvalue weighted by atomic mass is 16.5. The van der Waals surface area contributed by atoms with Gasteiger partial charge in [-0.1, -0.05) is 47.6 Å². The van der Waals surface area contributed by atoms with Crippen LogP contribution in [0.4, 0.5) is 0 Å². The molecule has 1 aromatic carbocycles. The third-order valence-electron chi connectivity index (χ3n) is 5.73. The average Bonchev–Trinajstić information content (AvgIpc) is 3.13. The van der Waals surface area contributed by atoms with Crippen molar-refractivity contribution in [3.8, 4) is 5.75 Å². The second-order valence-corrected chi connectivity index (χ2v) is 7.77. The monoisotopic (exact) mass is 347 g/mol. The molecule has 2 atom stereocenters. The van der Waals surface area contributed by atoms with Crippen molar-refractivity contribution >= 4 is 0 Å². The van der Waals surface area contributed by atoms with Gasteiger partial charge in [0.25, 0.3) is 0 Å². The Kier molecular flexibility index (Phi) is 5.31. The summed E-state index contributed by atoms with van der Waals surface area (Å²) in [4.78, 5) is 2.49. The first-order chi connectivity index (χ1) is 12.7. The van der Waals surface area contributed by atoms with Crippen molar-refractivity contribution < 1.29 is 4.74 Å². The Morgan fingerprint density at radius 2 is 1.85 bits per heavy atom. The van der Waals surface area contributed by atoms with Crippen LogP contribution in [0.1, 0.15) is 38.2 Å². The minimum Gasteiger partial charge on any atom is -0.492 e. The fourth-order valence-electron chi connectivity index (χ4n) is 4.17. The molecule has 0 spiro atoms. The van der Waals surface area contributed by atoms with Gasteiger partial charge in [0, 0.05) is 18.4 Å². The second kappa shape index (κ2) is 7.84. The highest BCUT2D eigenvalue weighted by molar-refractivity contribution is 5.57. The normalized spacial score (nSPS) is 24.3. The van der Waals surface area contributed by atoms with Gasteiger partial charge < -0.3 is 4.74 Å². The van der Waals surface area contributed by atoms with Crippen molar-refractivity contribution in [3.63, 3.8) is 0 Å². The van der Waals surface area contributed by atoms with Crippen LogP contribution in [0.2, 0.25) is 0 Å². The maximum Gasteiger partial charge on any atom is 0.119 e. The standard InChI is InChI=1S/C24H29NO/c1-18-6-5-7-21(16-18)24(23-17-19(23)2)20-8-10-22(11-9-20)26-15-14-25-12-3-4-13-25/h5-11,16-17,21,24H,3-4,12-15H2,1-2H3. The van der Waals surface area contributed by atoms with E-state index in [4.69, 9.17) is 4.74 Å². The highest BCUT2D eigenvalue weighted by Crippen LogP contribution is 2.49. The van der Waals surface area contributed by atoms with E-state index >= 15 is 0 Å². The van der Waals surface area contributed by atoms with E-state index in [1.54, 1.807) is 0 Å². The highest BCUT2D eigenvalue weighted by Gasteiger charge is 2.36. The zero-order chi connectivity index (χ0) is 17.9. The van der Waals surface area contributed by atoms with Crippen molar-refractivity contribution in [2.45, 2.75) is 32.6 Å². The molecule has 136 valence electrons. The number of likely N-dealkylation sites (tertiary alicyclic amines) is 1. The summed E-state index contributed by atoms with van der Waals surface area (Å²) >= 11 is 0. The lowest BCUT2D eigenvalue weighted by Crippen LogP contribution is -2.25. The summed E-state index contributed by atoms with van der Waals surface area (Å²) in [6.45, 7) is 8.68. The van der Waals surface area contributed by atoms with Gasteiger partial charge in [-0.15, -0.1) is 0 Å². The van der Waals surface area contributed by atoms with Gasteiger partial charge in [-0.3, -0.25) is 4.90 Å². The van der Waals surface area contributed by atoms with Crippen LogP contribution in [0.25, 0.3) is 0 Å². The van der Waals surface area contributed by atoms with E-state index in [0.29, 0.717) is 11.8 Å². The zero-order valence-corrected chi connectivity index (χ0v) is 15.9. The molecule has 2 heteroatoms. The molecule has 2 unspecified atom stereocenters. The molecular formula is C24H29NO. The van der Waals surface area contributed by atoms with Gasteiger partial charge in [-0.25, -0.2) is 0 Å². The molecular weight excluding hydrogens is 318 g/mol. The second-order valence-electron chi connectivity index (χ2n) is 7.77. The number of hydrogen-bond donors (Lipinski definition) is 0. The first-order valence-electron chi connectivity index (χ1n) is 9.91. The van der Waals surface area contributed by atoms with Crippen molar-refractivity contribution in [3.05, 3.63) is 77.6 Å². The molecule has 3 aliphatic rings. The van der Waals surface area contributed by atoms with Crippen LogP contribution in [0.3, 0.4) is 0 Å². The van der Waals surface area contributed by atoms with E-state index in [-0.39, 0.29) is 0 Å². The Balaban J connectivity index is 1.38. The van der Waals surface area contributed by atoms with Crippen LogP contribution in [-0.2, 0) is 0 Å². The molecule has 2 radical (unpaired) electrons. The van der Waals surface area contributed by atoms with E-state index < -0.39 is 0 Å². The van der Waals surface area contributed by atoms with Gasteiger partial charge >= 0.3 is 0 Å². The molecule has 1 heterocycles. The topological polar surface area (TPSA) is 12.5 Å². The Morgan fingerprint density at radius 1 is 1.12 bits per heavy atom. The lowest BCUT2D eigenvalue weighted by Gasteiger charge is -2.27. The maximum absolute atomic E-state index is 5.97. The Bertz CT molecular complexity index is 706. The van der Waals surface area contributed by atoms with Crippen LogP contribution in [0.5, 0.6) is 5.75 Å². The third kappa shape index (κ3) is 4.12. The third-order valence-corrected chi connectivity index (χ3v) is 5.73. The Morgan fingerprint density at radius 3 is 2.50 bits per heavy atom. The molecule has 0 saturated carbocycles. The minimum absolute atomic E-state index is 0.425. The summed E-state index contributed by atoms with van der Waals surface area (Å²) in [5.74, 6) is 3.34. The summed E-state index contributed by atoms with van der Waals surface area (Å²) in [5, 5.41) is 0. The summed E-state index contributed by atoms with van der Waals surface area (Å²) < 4.78 is 5.97. The fourth-order valence-corrected chi connectivity index (χ4v) is 4.17. The number of nitrogens with zero attached hydrogens (tertiary/aromatic N) is 1. The minimum atomic E-state index is 0.425. The van der Waals surface area contributed by atoms with Crippen LogP contribution in [0.15, 0.2) is 59.7 Å². The van der Waals surface area contributed by atoms with E-state index in [1.165, 1.54) is 48.6 Å². The van der Waals surface area contributed by atoms with Crippen LogP contribution in [0, 0.1) is 18.3 Å². The molecule has 0 amide bonds. The molecule has 1 fully saturated rings. The molecule has 2 aliphatic carbocycles. The molecule has 0 N–H and O–H groups in total. The first kappa shape index (κ1) is 17.6. The molecule has 1 aliphatic heterocycles. The SMILES string of the molecule is CC1=CC=CC(C([C]2C=C2C)c2ccc(OCCN3CCCC3)cc2)[CH]1. The lowest BCUT2D eigenvalue weighted by atomic mass is 9.76. The molecule has 0 aromatic heterocycles. The largest absolute Gasteiger partial charge is 0.492 e. The van der Waals surface area contributed by atoms with Gasteiger partial charge in [-0.2, -0.15) is 0 Å². The van der Waals surface area contributed by atoms with Gasteiger partial charge in [-0.05, 0) is 69.8 Å². The van der Waals surface area contributed by atoms with Crippen LogP contribution in [-0.4, -0.2) is 31.1 Å².